The van der Waals surface area contributed by atoms with Crippen molar-refractivity contribution >= 4 is 23.2 Å². The van der Waals surface area contributed by atoms with Crippen LogP contribution in [-0.2, 0) is 6.54 Å². The number of thiophene rings is 1. The van der Waals surface area contributed by atoms with Crippen molar-refractivity contribution in [2.75, 3.05) is 0 Å². The molecule has 3 nitrogen and oxygen atoms in total. The van der Waals surface area contributed by atoms with E-state index in [0.717, 1.165) is 10.4 Å². The molecule has 0 radical (unpaired) electrons. The minimum absolute atomic E-state index is 0.462. The van der Waals surface area contributed by atoms with Gasteiger partial charge in [-0.3, -0.25) is 0 Å². The van der Waals surface area contributed by atoms with Crippen molar-refractivity contribution in [2.45, 2.75) is 13.5 Å². The summed E-state index contributed by atoms with van der Waals surface area (Å²) in [7, 11) is -1.36. The van der Waals surface area contributed by atoms with Crippen LogP contribution in [0.1, 0.15) is 10.4 Å². The van der Waals surface area contributed by atoms with Gasteiger partial charge in [-0.2, -0.15) is 0 Å². The summed E-state index contributed by atoms with van der Waals surface area (Å²) in [4.78, 5) is 1.01. The zero-order valence-corrected chi connectivity index (χ0v) is 7.06. The first-order chi connectivity index (χ1) is 5.15. The molecule has 4 N–H and O–H groups in total. The van der Waals surface area contributed by atoms with Crippen molar-refractivity contribution < 1.29 is 10.0 Å². The van der Waals surface area contributed by atoms with Gasteiger partial charge in [0.2, 0.25) is 0 Å². The van der Waals surface area contributed by atoms with Crippen molar-refractivity contribution in [3.8, 4) is 0 Å². The van der Waals surface area contributed by atoms with Gasteiger partial charge in [-0.1, -0.05) is 0 Å². The first-order valence-corrected chi connectivity index (χ1v) is 4.12. The molecule has 0 aliphatic carbocycles. The van der Waals surface area contributed by atoms with Crippen LogP contribution in [0.4, 0.5) is 0 Å². The van der Waals surface area contributed by atoms with Gasteiger partial charge in [0, 0.05) is 16.2 Å². The Balaban J connectivity index is 2.95. The normalized spacial score (nSPS) is 10.2. The van der Waals surface area contributed by atoms with Crippen LogP contribution in [0.25, 0.3) is 0 Å². The predicted octanol–water partition coefficient (Wildman–Crippen LogP) is -0.805. The van der Waals surface area contributed by atoms with Gasteiger partial charge < -0.3 is 15.8 Å². The molecule has 0 amide bonds. The topological polar surface area (TPSA) is 66.5 Å². The van der Waals surface area contributed by atoms with Crippen LogP contribution < -0.4 is 10.5 Å². The van der Waals surface area contributed by atoms with E-state index in [1.165, 1.54) is 11.3 Å². The highest BCUT2D eigenvalue weighted by atomic mass is 32.1. The summed E-state index contributed by atoms with van der Waals surface area (Å²) in [6.07, 6.45) is 0. The Morgan fingerprint density at radius 3 is 2.55 bits per heavy atom. The van der Waals surface area contributed by atoms with E-state index in [2.05, 4.69) is 0 Å². The van der Waals surface area contributed by atoms with Crippen LogP contribution in [0.15, 0.2) is 6.07 Å². The van der Waals surface area contributed by atoms with Gasteiger partial charge in [-0.25, -0.2) is 0 Å². The Bertz CT molecular complexity index is 249. The first kappa shape index (κ1) is 8.74. The van der Waals surface area contributed by atoms with E-state index in [-0.39, 0.29) is 0 Å². The van der Waals surface area contributed by atoms with Crippen molar-refractivity contribution in [2.24, 2.45) is 5.73 Å². The highest BCUT2D eigenvalue weighted by Gasteiger charge is 2.15. The molecule has 0 bridgehead atoms. The standard InChI is InChI=1S/C6H10BNO2S/c1-4-2-6(7(9)10)11-5(4)3-8/h2,9-10H,3,8H2,1H3. The molecule has 0 saturated heterocycles. The van der Waals surface area contributed by atoms with Gasteiger partial charge in [0.05, 0.1) is 0 Å². The summed E-state index contributed by atoms with van der Waals surface area (Å²) in [5.74, 6) is 0. The third-order valence-electron chi connectivity index (χ3n) is 1.48. The average molecular weight is 171 g/mol. The van der Waals surface area contributed by atoms with Gasteiger partial charge in [-0.05, 0) is 18.6 Å². The van der Waals surface area contributed by atoms with Crippen molar-refractivity contribution in [1.82, 2.24) is 0 Å². The fraction of sp³-hybridized carbons (Fsp3) is 0.333. The van der Waals surface area contributed by atoms with Crippen molar-refractivity contribution in [3.05, 3.63) is 16.5 Å². The largest absolute Gasteiger partial charge is 0.499 e. The summed E-state index contributed by atoms with van der Waals surface area (Å²) in [6, 6.07) is 1.75. The van der Waals surface area contributed by atoms with Gasteiger partial charge in [0.1, 0.15) is 0 Å². The molecule has 0 aliphatic rings. The van der Waals surface area contributed by atoms with E-state index in [4.69, 9.17) is 15.8 Å². The average Bonchev–Trinajstić information content (AvgIpc) is 2.31. The molecule has 1 aromatic rings. The molecule has 0 aliphatic heterocycles. The monoisotopic (exact) mass is 171 g/mol. The Morgan fingerprint density at radius 2 is 2.27 bits per heavy atom. The molecule has 0 atom stereocenters. The molecule has 1 rings (SSSR count). The summed E-state index contributed by atoms with van der Waals surface area (Å²) in [5.41, 5.74) is 6.44. The number of nitrogens with two attached hydrogens (primary N) is 1. The van der Waals surface area contributed by atoms with Gasteiger partial charge in [-0.15, -0.1) is 11.3 Å². The fourth-order valence-electron chi connectivity index (χ4n) is 0.876. The Kier molecular flexibility index (Phi) is 2.67. The molecule has 1 heterocycles. The summed E-state index contributed by atoms with van der Waals surface area (Å²) < 4.78 is 0.558. The highest BCUT2D eigenvalue weighted by Crippen LogP contribution is 2.12. The predicted molar refractivity (Wildman–Crippen MR) is 46.8 cm³/mol. The molecular formula is C6H10BNO2S. The highest BCUT2D eigenvalue weighted by molar-refractivity contribution is 7.22. The maximum absolute atomic E-state index is 8.78. The first-order valence-electron chi connectivity index (χ1n) is 3.30. The number of rotatable bonds is 2. The van der Waals surface area contributed by atoms with Gasteiger partial charge in [0.15, 0.2) is 0 Å². The quantitative estimate of drug-likeness (QED) is 0.510. The van der Waals surface area contributed by atoms with Crippen LogP contribution in [-0.4, -0.2) is 17.2 Å². The second-order valence-electron chi connectivity index (χ2n) is 2.33. The summed E-state index contributed by atoms with van der Waals surface area (Å²) in [6.45, 7) is 2.37. The maximum Gasteiger partial charge on any atom is 0.499 e. The Labute approximate surface area is 69.6 Å². The van der Waals surface area contributed by atoms with E-state index in [0.29, 0.717) is 11.3 Å². The number of hydrogen-bond acceptors (Lipinski definition) is 4. The number of hydrogen-bond donors (Lipinski definition) is 3. The Hall–Kier alpha value is -0.355. The van der Waals surface area contributed by atoms with Crippen LogP contribution >= 0.6 is 11.3 Å². The molecule has 0 spiro atoms. The lowest BCUT2D eigenvalue weighted by Crippen LogP contribution is -2.26. The molecule has 0 aromatic carbocycles. The maximum atomic E-state index is 8.78. The van der Waals surface area contributed by atoms with E-state index < -0.39 is 7.12 Å². The van der Waals surface area contributed by atoms with Gasteiger partial charge >= 0.3 is 7.12 Å². The smallest absolute Gasteiger partial charge is 0.423 e. The van der Waals surface area contributed by atoms with E-state index in [9.17, 15) is 0 Å². The molecule has 1 aromatic heterocycles. The van der Waals surface area contributed by atoms with Gasteiger partial charge in [0.25, 0.3) is 0 Å². The van der Waals surface area contributed by atoms with Crippen molar-refractivity contribution in [1.29, 1.82) is 0 Å². The van der Waals surface area contributed by atoms with E-state index in [1.807, 2.05) is 6.92 Å². The zero-order chi connectivity index (χ0) is 8.43. The lowest BCUT2D eigenvalue weighted by Gasteiger charge is -1.89. The van der Waals surface area contributed by atoms with Crippen LogP contribution in [0, 0.1) is 6.92 Å². The third kappa shape index (κ3) is 1.81. The second-order valence-corrected chi connectivity index (χ2v) is 3.50. The molecule has 0 unspecified atom stereocenters. The summed E-state index contributed by atoms with van der Waals surface area (Å²) in [5, 5.41) is 17.6. The molecule has 11 heavy (non-hydrogen) atoms. The molecular weight excluding hydrogens is 161 g/mol. The SMILES string of the molecule is Cc1cc(B(O)O)sc1CN. The summed E-state index contributed by atoms with van der Waals surface area (Å²) >= 11 is 1.34. The number of aryl methyl sites for hydroxylation is 1. The van der Waals surface area contributed by atoms with E-state index >= 15 is 0 Å². The minimum atomic E-state index is -1.36. The minimum Gasteiger partial charge on any atom is -0.423 e. The zero-order valence-electron chi connectivity index (χ0n) is 6.24. The van der Waals surface area contributed by atoms with Crippen LogP contribution in [0.2, 0.25) is 0 Å². The Morgan fingerprint density at radius 1 is 1.64 bits per heavy atom. The lowest BCUT2D eigenvalue weighted by molar-refractivity contribution is 0.427. The molecule has 60 valence electrons. The van der Waals surface area contributed by atoms with Crippen molar-refractivity contribution in [3.63, 3.8) is 0 Å². The van der Waals surface area contributed by atoms with E-state index in [1.54, 1.807) is 6.07 Å². The molecule has 0 saturated carbocycles. The van der Waals surface area contributed by atoms with Crippen LogP contribution in [0.5, 0.6) is 0 Å². The fourth-order valence-corrected chi connectivity index (χ4v) is 1.80. The molecule has 0 fully saturated rings. The third-order valence-corrected chi connectivity index (χ3v) is 2.78. The second kappa shape index (κ2) is 3.36. The van der Waals surface area contributed by atoms with Crippen LogP contribution in [0.3, 0.4) is 0 Å². The lowest BCUT2D eigenvalue weighted by atomic mass is 9.89. The molecule has 5 heteroatoms.